The smallest absolute Gasteiger partial charge is 0.366 e. The molecule has 3 aliphatic heterocycles. The van der Waals surface area contributed by atoms with Gasteiger partial charge in [-0.2, -0.15) is 18.3 Å². The number of aromatic nitrogens is 2. The fourth-order valence-corrected chi connectivity index (χ4v) is 5.54. The molecule has 1 aromatic heterocycles. The number of hydrogen-bond acceptors (Lipinski definition) is 4. The van der Waals surface area contributed by atoms with E-state index in [-0.39, 0.29) is 47.7 Å². The highest BCUT2D eigenvalue weighted by Crippen LogP contribution is 2.53. The molecule has 1 spiro atoms. The lowest BCUT2D eigenvalue weighted by atomic mass is 9.56. The summed E-state index contributed by atoms with van der Waals surface area (Å²) >= 11 is 0. The molecule has 3 amide bonds. The van der Waals surface area contributed by atoms with Crippen molar-refractivity contribution in [3.8, 4) is 0 Å². The molecular weight excluding hydrogens is 403 g/mol. The molecule has 0 aromatic carbocycles. The topological polar surface area (TPSA) is 90.6 Å². The zero-order valence-corrected chi connectivity index (χ0v) is 16.4. The van der Waals surface area contributed by atoms with Crippen molar-refractivity contribution < 1.29 is 27.5 Å². The van der Waals surface area contributed by atoms with Crippen molar-refractivity contribution in [2.75, 3.05) is 32.8 Å². The van der Waals surface area contributed by atoms with Crippen molar-refractivity contribution in [1.82, 2.24) is 25.3 Å². The molecule has 1 aliphatic carbocycles. The molecule has 0 unspecified atom stereocenters. The van der Waals surface area contributed by atoms with Crippen LogP contribution < -0.4 is 5.32 Å². The molecule has 5 rings (SSSR count). The lowest BCUT2D eigenvalue weighted by Crippen LogP contribution is -2.68. The molecule has 3 saturated heterocycles. The Balaban J connectivity index is 1.10. The van der Waals surface area contributed by atoms with Gasteiger partial charge in [0.1, 0.15) is 6.61 Å². The quantitative estimate of drug-likeness (QED) is 0.747. The minimum absolute atomic E-state index is 0.0322. The Kier molecular flexibility index (Phi) is 4.49. The SMILES string of the molecule is O=C1CO[C@H]2CCN(C(=O)N3CC4(CC(Cc5[nH]ncc5C(F)(F)F)C4)C3)C[C@H]2N1. The predicted molar refractivity (Wildman–Crippen MR) is 97.3 cm³/mol. The van der Waals surface area contributed by atoms with E-state index in [0.717, 1.165) is 19.0 Å². The van der Waals surface area contributed by atoms with Crippen LogP contribution in [0.4, 0.5) is 18.0 Å². The van der Waals surface area contributed by atoms with Crippen LogP contribution in [0.5, 0.6) is 0 Å². The number of carbonyl (C=O) groups is 2. The van der Waals surface area contributed by atoms with Crippen LogP contribution in [0.2, 0.25) is 0 Å². The number of nitrogens with one attached hydrogen (secondary N) is 2. The van der Waals surface area contributed by atoms with Crippen molar-refractivity contribution in [3.05, 3.63) is 17.5 Å². The van der Waals surface area contributed by atoms with Crippen molar-refractivity contribution in [1.29, 1.82) is 0 Å². The number of fused-ring (bicyclic) bond motifs is 1. The first-order valence-electron chi connectivity index (χ1n) is 10.3. The Bertz CT molecular complexity index is 843. The number of urea groups is 1. The molecular formula is C19H24F3N5O3. The number of hydrogen-bond donors (Lipinski definition) is 2. The summed E-state index contributed by atoms with van der Waals surface area (Å²) in [6.45, 7) is 2.41. The second kappa shape index (κ2) is 6.86. The fourth-order valence-electron chi connectivity index (χ4n) is 5.54. The van der Waals surface area contributed by atoms with Crippen LogP contribution in [0, 0.1) is 11.3 Å². The maximum absolute atomic E-state index is 13.0. The Morgan fingerprint density at radius 3 is 2.80 bits per heavy atom. The van der Waals surface area contributed by atoms with Crippen LogP contribution >= 0.6 is 0 Å². The van der Waals surface area contributed by atoms with Crippen molar-refractivity contribution in [3.63, 3.8) is 0 Å². The number of aromatic amines is 1. The fraction of sp³-hybridized carbons (Fsp3) is 0.737. The average molecular weight is 427 g/mol. The van der Waals surface area contributed by atoms with E-state index in [9.17, 15) is 22.8 Å². The molecule has 0 bridgehead atoms. The third kappa shape index (κ3) is 3.42. The van der Waals surface area contributed by atoms with Crippen molar-refractivity contribution >= 4 is 11.9 Å². The van der Waals surface area contributed by atoms with Gasteiger partial charge in [-0.15, -0.1) is 0 Å². The molecule has 4 aliphatic rings. The van der Waals surface area contributed by atoms with Crippen LogP contribution in [-0.4, -0.2) is 76.9 Å². The third-order valence-corrected chi connectivity index (χ3v) is 6.88. The number of carbonyl (C=O) groups excluding carboxylic acids is 2. The number of ether oxygens (including phenoxy) is 1. The third-order valence-electron chi connectivity index (χ3n) is 6.88. The van der Waals surface area contributed by atoms with E-state index in [2.05, 4.69) is 15.5 Å². The normalized spacial score (nSPS) is 28.6. The van der Waals surface area contributed by atoms with E-state index in [4.69, 9.17) is 4.74 Å². The number of alkyl halides is 3. The number of nitrogens with zero attached hydrogens (tertiary/aromatic N) is 3. The van der Waals surface area contributed by atoms with Gasteiger partial charge in [-0.3, -0.25) is 9.89 Å². The molecule has 30 heavy (non-hydrogen) atoms. The average Bonchev–Trinajstić information content (AvgIpc) is 3.10. The van der Waals surface area contributed by atoms with E-state index < -0.39 is 11.7 Å². The van der Waals surface area contributed by atoms with Crippen LogP contribution in [0.15, 0.2) is 6.20 Å². The highest BCUT2D eigenvalue weighted by Gasteiger charge is 2.54. The lowest BCUT2D eigenvalue weighted by molar-refractivity contribution is -0.140. The van der Waals surface area contributed by atoms with E-state index in [1.54, 1.807) is 9.80 Å². The van der Waals surface area contributed by atoms with Gasteiger partial charge < -0.3 is 19.9 Å². The van der Waals surface area contributed by atoms with E-state index >= 15 is 0 Å². The molecule has 2 N–H and O–H groups in total. The molecule has 0 radical (unpaired) electrons. The van der Waals surface area contributed by atoms with E-state index in [0.29, 0.717) is 39.0 Å². The lowest BCUT2D eigenvalue weighted by Gasteiger charge is -2.60. The summed E-state index contributed by atoms with van der Waals surface area (Å²) in [4.78, 5) is 27.9. The molecule has 11 heteroatoms. The monoisotopic (exact) mass is 427 g/mol. The molecule has 2 atom stereocenters. The molecule has 1 aromatic rings. The number of halogens is 3. The summed E-state index contributed by atoms with van der Waals surface area (Å²) in [5.41, 5.74) is -0.496. The standard InChI is InChI=1S/C19H24F3N5O3/c20-19(21,22)12-6-23-25-13(12)3-11-4-18(5-11)9-27(10-18)17(29)26-2-1-15-14(7-26)24-16(28)8-30-15/h6,11,14-15H,1-5,7-10H2,(H,23,25)(H,24,28)/t14-,15+/m1/s1. The predicted octanol–water partition coefficient (Wildman–Crippen LogP) is 1.39. The number of H-pyrrole nitrogens is 1. The first-order chi connectivity index (χ1) is 14.2. The number of morpholine rings is 1. The second-order valence-corrected chi connectivity index (χ2v) is 9.14. The van der Waals surface area contributed by atoms with E-state index in [1.807, 2.05) is 0 Å². The maximum Gasteiger partial charge on any atom is 0.419 e. The van der Waals surface area contributed by atoms with Gasteiger partial charge >= 0.3 is 12.2 Å². The van der Waals surface area contributed by atoms with Gasteiger partial charge in [0.05, 0.1) is 23.9 Å². The Morgan fingerprint density at radius 2 is 2.07 bits per heavy atom. The van der Waals surface area contributed by atoms with Gasteiger partial charge in [0, 0.05) is 37.3 Å². The van der Waals surface area contributed by atoms with Gasteiger partial charge in [-0.05, 0) is 31.6 Å². The van der Waals surface area contributed by atoms with Crippen LogP contribution in [0.3, 0.4) is 0 Å². The molecule has 4 heterocycles. The number of rotatable bonds is 2. The Morgan fingerprint density at radius 1 is 1.30 bits per heavy atom. The summed E-state index contributed by atoms with van der Waals surface area (Å²) in [6, 6.07) is -0.195. The minimum Gasteiger partial charge on any atom is -0.366 e. The first kappa shape index (κ1) is 19.7. The van der Waals surface area contributed by atoms with Gasteiger partial charge in [-0.1, -0.05) is 0 Å². The zero-order valence-electron chi connectivity index (χ0n) is 16.4. The maximum atomic E-state index is 13.0. The summed E-state index contributed by atoms with van der Waals surface area (Å²) in [6.07, 6.45) is -0.909. The number of amides is 3. The second-order valence-electron chi connectivity index (χ2n) is 9.14. The molecule has 164 valence electrons. The van der Waals surface area contributed by atoms with Gasteiger partial charge in [-0.25, -0.2) is 4.79 Å². The van der Waals surface area contributed by atoms with Crippen molar-refractivity contribution in [2.24, 2.45) is 11.3 Å². The van der Waals surface area contributed by atoms with Gasteiger partial charge in [0.25, 0.3) is 0 Å². The van der Waals surface area contributed by atoms with Crippen LogP contribution in [0.25, 0.3) is 0 Å². The first-order valence-corrected chi connectivity index (χ1v) is 10.3. The highest BCUT2D eigenvalue weighted by atomic mass is 19.4. The minimum atomic E-state index is -4.39. The summed E-state index contributed by atoms with van der Waals surface area (Å²) in [5.74, 6) is 0.0223. The number of likely N-dealkylation sites (tertiary alicyclic amines) is 2. The molecule has 8 nitrogen and oxygen atoms in total. The number of piperidine rings is 1. The Labute approximate surface area is 171 Å². The Hall–Kier alpha value is -2.30. The summed E-state index contributed by atoms with van der Waals surface area (Å²) < 4.78 is 44.5. The largest absolute Gasteiger partial charge is 0.419 e. The summed E-state index contributed by atoms with van der Waals surface area (Å²) in [5, 5.41) is 8.94. The zero-order chi connectivity index (χ0) is 21.1. The van der Waals surface area contributed by atoms with Crippen molar-refractivity contribution in [2.45, 2.75) is 44.0 Å². The molecule has 1 saturated carbocycles. The van der Waals surface area contributed by atoms with Gasteiger partial charge in [0.15, 0.2) is 0 Å². The highest BCUT2D eigenvalue weighted by molar-refractivity contribution is 5.79. The summed E-state index contributed by atoms with van der Waals surface area (Å²) in [7, 11) is 0. The van der Waals surface area contributed by atoms with Crippen LogP contribution in [0.1, 0.15) is 30.5 Å². The van der Waals surface area contributed by atoms with Gasteiger partial charge in [0.2, 0.25) is 5.91 Å². The van der Waals surface area contributed by atoms with E-state index in [1.165, 1.54) is 0 Å². The van der Waals surface area contributed by atoms with Crippen LogP contribution in [-0.2, 0) is 22.1 Å². The molecule has 4 fully saturated rings.